The number of hydrogen-bond donors (Lipinski definition) is 0. The molecule has 2 aromatic rings. The summed E-state index contributed by atoms with van der Waals surface area (Å²) >= 11 is 1.91. The molecule has 20 heavy (non-hydrogen) atoms. The first kappa shape index (κ1) is 12.3. The second-order valence-corrected chi connectivity index (χ2v) is 6.84. The molecule has 0 amide bonds. The van der Waals surface area contributed by atoms with Crippen molar-refractivity contribution in [3.05, 3.63) is 22.7 Å². The van der Waals surface area contributed by atoms with Crippen molar-refractivity contribution in [3.8, 4) is 0 Å². The third kappa shape index (κ3) is 2.02. The summed E-state index contributed by atoms with van der Waals surface area (Å²) in [7, 11) is 2.03. The Labute approximate surface area is 122 Å². The molecule has 1 saturated heterocycles. The molecule has 1 aliphatic carbocycles. The number of fused-ring (bicyclic) bond motifs is 1. The van der Waals surface area contributed by atoms with Crippen LogP contribution in [0.1, 0.15) is 41.6 Å². The number of thiazole rings is 1. The summed E-state index contributed by atoms with van der Waals surface area (Å²) < 4.78 is 2.05. The molecule has 4 rings (SSSR count). The van der Waals surface area contributed by atoms with E-state index in [1.807, 2.05) is 18.4 Å². The Kier molecular flexibility index (Phi) is 2.98. The van der Waals surface area contributed by atoms with Crippen LogP contribution in [0.4, 0.5) is 5.13 Å². The van der Waals surface area contributed by atoms with Gasteiger partial charge in [0.15, 0.2) is 5.13 Å². The maximum Gasteiger partial charge on any atom is 0.185 e. The fraction of sp³-hybridized carbons (Fsp3) is 0.643. The molecule has 0 spiro atoms. The number of anilines is 1. The number of nitrogens with zero attached hydrogens (tertiary/aromatic N) is 5. The van der Waals surface area contributed by atoms with Crippen LogP contribution >= 0.6 is 11.3 Å². The summed E-state index contributed by atoms with van der Waals surface area (Å²) in [5, 5.41) is 9.50. The fourth-order valence-corrected chi connectivity index (χ4v) is 4.50. The minimum Gasteiger partial charge on any atom is -0.348 e. The van der Waals surface area contributed by atoms with E-state index >= 15 is 0 Å². The molecule has 2 aliphatic rings. The van der Waals surface area contributed by atoms with Gasteiger partial charge in [0.1, 0.15) is 12.2 Å². The van der Waals surface area contributed by atoms with Gasteiger partial charge in [-0.05, 0) is 32.1 Å². The highest BCUT2D eigenvalue weighted by Crippen LogP contribution is 2.35. The van der Waals surface area contributed by atoms with E-state index in [0.717, 1.165) is 31.8 Å². The van der Waals surface area contributed by atoms with E-state index in [0.29, 0.717) is 5.92 Å². The Hall–Kier alpha value is -1.43. The van der Waals surface area contributed by atoms with Crippen molar-refractivity contribution in [2.45, 2.75) is 38.0 Å². The predicted molar refractivity (Wildman–Crippen MR) is 79.3 cm³/mol. The van der Waals surface area contributed by atoms with Crippen molar-refractivity contribution in [1.29, 1.82) is 0 Å². The zero-order chi connectivity index (χ0) is 13.5. The van der Waals surface area contributed by atoms with Crippen LogP contribution in [0.3, 0.4) is 0 Å². The van der Waals surface area contributed by atoms with Crippen LogP contribution in [0.2, 0.25) is 0 Å². The fourth-order valence-electron chi connectivity index (χ4n) is 3.30. The molecule has 0 saturated carbocycles. The SMILES string of the molecule is Cn1cnnc1C1CCN(c2nc3c(s2)CCC3)CC1. The van der Waals surface area contributed by atoms with E-state index in [1.165, 1.54) is 35.0 Å². The summed E-state index contributed by atoms with van der Waals surface area (Å²) in [5.41, 5.74) is 1.36. The predicted octanol–water partition coefficient (Wildman–Crippen LogP) is 2.14. The maximum absolute atomic E-state index is 4.83. The minimum absolute atomic E-state index is 0.547. The molecule has 0 aromatic carbocycles. The molecule has 0 bridgehead atoms. The molecular formula is C14H19N5S. The van der Waals surface area contributed by atoms with Crippen molar-refractivity contribution in [2.75, 3.05) is 18.0 Å². The topological polar surface area (TPSA) is 46.8 Å². The lowest BCUT2D eigenvalue weighted by atomic mass is 9.96. The van der Waals surface area contributed by atoms with Gasteiger partial charge >= 0.3 is 0 Å². The van der Waals surface area contributed by atoms with Gasteiger partial charge < -0.3 is 9.47 Å². The van der Waals surface area contributed by atoms with Gasteiger partial charge in [-0.2, -0.15) is 0 Å². The molecule has 1 fully saturated rings. The third-order valence-electron chi connectivity index (χ3n) is 4.46. The summed E-state index contributed by atoms with van der Waals surface area (Å²) in [6, 6.07) is 0. The number of piperidine rings is 1. The second-order valence-electron chi connectivity index (χ2n) is 5.78. The summed E-state index contributed by atoms with van der Waals surface area (Å²) in [5.74, 6) is 1.68. The highest BCUT2D eigenvalue weighted by Gasteiger charge is 2.26. The normalized spacial score (nSPS) is 19.6. The first-order chi connectivity index (χ1) is 9.81. The molecule has 6 heteroatoms. The van der Waals surface area contributed by atoms with Crippen molar-refractivity contribution in [1.82, 2.24) is 19.7 Å². The lowest BCUT2D eigenvalue weighted by Gasteiger charge is -2.31. The average Bonchev–Trinajstić information content (AvgIpc) is 3.13. The van der Waals surface area contributed by atoms with Crippen LogP contribution < -0.4 is 4.90 Å². The Morgan fingerprint density at radius 3 is 2.80 bits per heavy atom. The molecule has 3 heterocycles. The van der Waals surface area contributed by atoms with Gasteiger partial charge in [0, 0.05) is 30.9 Å². The van der Waals surface area contributed by atoms with Crippen LogP contribution in [0.5, 0.6) is 0 Å². The largest absolute Gasteiger partial charge is 0.348 e. The lowest BCUT2D eigenvalue weighted by molar-refractivity contribution is 0.473. The first-order valence-electron chi connectivity index (χ1n) is 7.38. The number of aromatic nitrogens is 4. The Balaban J connectivity index is 1.45. The van der Waals surface area contributed by atoms with Crippen molar-refractivity contribution in [3.63, 3.8) is 0 Å². The summed E-state index contributed by atoms with van der Waals surface area (Å²) in [4.78, 5) is 8.81. The molecule has 2 aromatic heterocycles. The first-order valence-corrected chi connectivity index (χ1v) is 8.20. The Morgan fingerprint density at radius 1 is 1.25 bits per heavy atom. The van der Waals surface area contributed by atoms with E-state index in [-0.39, 0.29) is 0 Å². The minimum atomic E-state index is 0.547. The van der Waals surface area contributed by atoms with E-state index in [2.05, 4.69) is 19.7 Å². The van der Waals surface area contributed by atoms with Crippen LogP contribution in [0.25, 0.3) is 0 Å². The number of rotatable bonds is 2. The molecular weight excluding hydrogens is 270 g/mol. The Bertz CT molecular complexity index is 587. The zero-order valence-electron chi connectivity index (χ0n) is 11.7. The van der Waals surface area contributed by atoms with Crippen LogP contribution in [0.15, 0.2) is 6.33 Å². The molecule has 0 radical (unpaired) electrons. The monoisotopic (exact) mass is 289 g/mol. The maximum atomic E-state index is 4.83. The van der Waals surface area contributed by atoms with E-state index in [1.54, 1.807) is 6.33 Å². The molecule has 5 nitrogen and oxygen atoms in total. The van der Waals surface area contributed by atoms with Crippen molar-refractivity contribution in [2.24, 2.45) is 7.05 Å². The van der Waals surface area contributed by atoms with Crippen LogP contribution in [-0.4, -0.2) is 32.8 Å². The van der Waals surface area contributed by atoms with E-state index in [4.69, 9.17) is 4.98 Å². The highest BCUT2D eigenvalue weighted by atomic mass is 32.1. The lowest BCUT2D eigenvalue weighted by Crippen LogP contribution is -2.33. The number of aryl methyl sites for hydroxylation is 3. The standard InChI is InChI=1S/C14H19N5S/c1-18-9-15-17-13(18)10-5-7-19(8-6-10)14-16-11-3-2-4-12(11)20-14/h9-10H,2-8H2,1H3. The van der Waals surface area contributed by atoms with E-state index in [9.17, 15) is 0 Å². The average molecular weight is 289 g/mol. The molecule has 0 N–H and O–H groups in total. The zero-order valence-corrected chi connectivity index (χ0v) is 12.6. The quantitative estimate of drug-likeness (QED) is 0.850. The van der Waals surface area contributed by atoms with Crippen molar-refractivity contribution >= 4 is 16.5 Å². The molecule has 106 valence electrons. The smallest absolute Gasteiger partial charge is 0.185 e. The van der Waals surface area contributed by atoms with Crippen LogP contribution in [-0.2, 0) is 19.9 Å². The second kappa shape index (κ2) is 4.84. The van der Waals surface area contributed by atoms with Gasteiger partial charge in [0.2, 0.25) is 0 Å². The van der Waals surface area contributed by atoms with Gasteiger partial charge in [0.25, 0.3) is 0 Å². The highest BCUT2D eigenvalue weighted by molar-refractivity contribution is 7.15. The van der Waals surface area contributed by atoms with Crippen molar-refractivity contribution < 1.29 is 0 Å². The molecule has 1 aliphatic heterocycles. The Morgan fingerprint density at radius 2 is 2.10 bits per heavy atom. The van der Waals surface area contributed by atoms with Gasteiger partial charge in [0.05, 0.1) is 5.69 Å². The summed E-state index contributed by atoms with van der Waals surface area (Å²) in [6.45, 7) is 2.17. The number of hydrogen-bond acceptors (Lipinski definition) is 5. The summed E-state index contributed by atoms with van der Waals surface area (Å²) in [6.07, 6.45) is 7.81. The van der Waals surface area contributed by atoms with Gasteiger partial charge in [-0.1, -0.05) is 0 Å². The van der Waals surface area contributed by atoms with Gasteiger partial charge in [-0.3, -0.25) is 0 Å². The third-order valence-corrected chi connectivity index (χ3v) is 5.68. The molecule has 0 atom stereocenters. The van der Waals surface area contributed by atoms with Crippen LogP contribution in [0, 0.1) is 0 Å². The van der Waals surface area contributed by atoms with Gasteiger partial charge in [-0.15, -0.1) is 21.5 Å². The van der Waals surface area contributed by atoms with E-state index < -0.39 is 0 Å². The molecule has 0 unspecified atom stereocenters. The van der Waals surface area contributed by atoms with Gasteiger partial charge in [-0.25, -0.2) is 4.98 Å².